The van der Waals surface area contributed by atoms with E-state index in [2.05, 4.69) is 4.94 Å². The summed E-state index contributed by atoms with van der Waals surface area (Å²) in [5.41, 5.74) is 0. The molecule has 0 bridgehead atoms. The van der Waals surface area contributed by atoms with Crippen LogP contribution < -0.4 is 0 Å². The van der Waals surface area contributed by atoms with Crippen molar-refractivity contribution in [3.8, 4) is 0 Å². The van der Waals surface area contributed by atoms with Crippen LogP contribution in [0.1, 0.15) is 12.8 Å². The predicted molar refractivity (Wildman–Crippen MR) is 35.2 cm³/mol. The summed E-state index contributed by atoms with van der Waals surface area (Å²) < 4.78 is 6.94. The van der Waals surface area contributed by atoms with E-state index in [-0.39, 0.29) is 5.48 Å². The average molecular weight is 224 g/mol. The second kappa shape index (κ2) is 4.58. The van der Waals surface area contributed by atoms with Gasteiger partial charge in [-0.15, -0.1) is 0 Å². The Balaban J connectivity index is 0.000000490. The SMILES string of the molecule is O.[CH3][Sn]1[CH2]CCC[O]1. The summed E-state index contributed by atoms with van der Waals surface area (Å²) in [5, 5.41) is 0. The third-order valence-electron chi connectivity index (χ3n) is 1.27. The van der Waals surface area contributed by atoms with Crippen LogP contribution in [0.3, 0.4) is 0 Å². The van der Waals surface area contributed by atoms with Gasteiger partial charge in [-0.1, -0.05) is 0 Å². The third kappa shape index (κ3) is 2.89. The van der Waals surface area contributed by atoms with Crippen LogP contribution in [-0.2, 0) is 3.07 Å². The normalized spacial score (nSPS) is 22.1. The van der Waals surface area contributed by atoms with E-state index in [0.717, 1.165) is 6.61 Å². The molecule has 49 valence electrons. The number of hydrogen-bond acceptors (Lipinski definition) is 1. The van der Waals surface area contributed by atoms with E-state index in [1.807, 2.05) is 0 Å². The van der Waals surface area contributed by atoms with Gasteiger partial charge in [0.25, 0.3) is 0 Å². The van der Waals surface area contributed by atoms with Crippen LogP contribution in [0.2, 0.25) is 9.38 Å². The summed E-state index contributed by atoms with van der Waals surface area (Å²) >= 11 is -1.06. The first kappa shape index (κ1) is 8.72. The van der Waals surface area contributed by atoms with E-state index in [0.29, 0.717) is 0 Å². The molecular formula is C5H13O2Sn. The van der Waals surface area contributed by atoms with E-state index in [1.165, 1.54) is 17.3 Å². The molecule has 0 amide bonds. The van der Waals surface area contributed by atoms with Crippen LogP contribution in [-0.4, -0.2) is 32.3 Å². The minimum atomic E-state index is -1.06. The van der Waals surface area contributed by atoms with Crippen LogP contribution in [0.15, 0.2) is 0 Å². The third-order valence-corrected chi connectivity index (χ3v) is 6.28. The van der Waals surface area contributed by atoms with Gasteiger partial charge in [-0.3, -0.25) is 0 Å². The Kier molecular flexibility index (Phi) is 5.00. The standard InChI is InChI=1S/C4H8O.CH3.H2O.Sn/c1-2-3-4-5;;;/h1-4H2;1H3;1H2;/q-1;;;+1. The van der Waals surface area contributed by atoms with Gasteiger partial charge >= 0.3 is 52.1 Å². The van der Waals surface area contributed by atoms with Gasteiger partial charge in [0, 0.05) is 0 Å². The monoisotopic (exact) mass is 225 g/mol. The molecule has 2 nitrogen and oxygen atoms in total. The summed E-state index contributed by atoms with van der Waals surface area (Å²) in [6.07, 6.45) is 2.77. The van der Waals surface area contributed by atoms with E-state index in [4.69, 9.17) is 3.07 Å². The van der Waals surface area contributed by atoms with Gasteiger partial charge in [-0.25, -0.2) is 0 Å². The van der Waals surface area contributed by atoms with Crippen molar-refractivity contribution in [1.29, 1.82) is 0 Å². The van der Waals surface area contributed by atoms with Gasteiger partial charge in [-0.2, -0.15) is 0 Å². The maximum absolute atomic E-state index is 5.47. The molecule has 0 saturated carbocycles. The minimum absolute atomic E-state index is 0. The molecule has 0 aromatic rings. The summed E-state index contributed by atoms with van der Waals surface area (Å²) in [4.78, 5) is 2.33. The van der Waals surface area contributed by atoms with Crippen LogP contribution >= 0.6 is 0 Å². The van der Waals surface area contributed by atoms with Gasteiger partial charge in [0.15, 0.2) is 0 Å². The van der Waals surface area contributed by atoms with E-state index >= 15 is 0 Å². The van der Waals surface area contributed by atoms with Crippen molar-refractivity contribution in [3.05, 3.63) is 0 Å². The zero-order valence-corrected chi connectivity index (χ0v) is 8.09. The topological polar surface area (TPSA) is 40.7 Å². The Bertz CT molecular complexity index is 52.4. The van der Waals surface area contributed by atoms with Crippen molar-refractivity contribution in [2.75, 3.05) is 6.61 Å². The van der Waals surface area contributed by atoms with Gasteiger partial charge in [0.05, 0.1) is 0 Å². The van der Waals surface area contributed by atoms with Gasteiger partial charge in [0.1, 0.15) is 0 Å². The summed E-state index contributed by atoms with van der Waals surface area (Å²) in [5.74, 6) is 0. The molecule has 0 aliphatic carbocycles. The molecule has 0 unspecified atom stereocenters. The molecule has 0 aromatic carbocycles. The second-order valence-electron chi connectivity index (χ2n) is 2.01. The van der Waals surface area contributed by atoms with Crippen LogP contribution in [0.5, 0.6) is 0 Å². The first-order chi connectivity index (χ1) is 3.39. The summed E-state index contributed by atoms with van der Waals surface area (Å²) in [6.45, 7) is 1.07. The Morgan fingerprint density at radius 3 is 2.38 bits per heavy atom. The average Bonchev–Trinajstić information content (AvgIpc) is 1.69. The summed E-state index contributed by atoms with van der Waals surface area (Å²) in [7, 11) is 0. The van der Waals surface area contributed by atoms with E-state index in [9.17, 15) is 0 Å². The molecule has 1 fully saturated rings. The molecule has 3 heteroatoms. The zero-order chi connectivity index (χ0) is 5.11. The van der Waals surface area contributed by atoms with Crippen LogP contribution in [0.4, 0.5) is 0 Å². The molecule has 1 aliphatic heterocycles. The molecule has 1 rings (SSSR count). The van der Waals surface area contributed by atoms with Crippen LogP contribution in [0.25, 0.3) is 0 Å². The first-order valence-electron chi connectivity index (χ1n) is 2.85. The van der Waals surface area contributed by atoms with Gasteiger partial charge < -0.3 is 5.48 Å². The maximum atomic E-state index is 5.47. The van der Waals surface area contributed by atoms with Crippen molar-refractivity contribution < 1.29 is 8.55 Å². The second-order valence-corrected chi connectivity index (χ2v) is 8.27. The molecule has 0 aromatic heterocycles. The summed E-state index contributed by atoms with van der Waals surface area (Å²) in [6, 6.07) is 0. The van der Waals surface area contributed by atoms with E-state index in [1.54, 1.807) is 0 Å². The van der Waals surface area contributed by atoms with Crippen molar-refractivity contribution >= 4 is 20.2 Å². The van der Waals surface area contributed by atoms with Crippen molar-refractivity contribution in [2.45, 2.75) is 22.2 Å². The molecule has 1 saturated heterocycles. The van der Waals surface area contributed by atoms with Crippen LogP contribution in [0, 0.1) is 0 Å². The van der Waals surface area contributed by atoms with Gasteiger partial charge in [0.2, 0.25) is 0 Å². The fourth-order valence-electron chi connectivity index (χ4n) is 0.795. The molecule has 2 N–H and O–H groups in total. The van der Waals surface area contributed by atoms with Crippen molar-refractivity contribution in [2.24, 2.45) is 0 Å². The predicted octanol–water partition coefficient (Wildman–Crippen LogP) is 0.593. The molecule has 1 aliphatic rings. The number of hydrogen-bond donors (Lipinski definition) is 0. The fraction of sp³-hybridized carbons (Fsp3) is 1.00. The van der Waals surface area contributed by atoms with E-state index < -0.39 is 20.2 Å². The number of rotatable bonds is 0. The van der Waals surface area contributed by atoms with Gasteiger partial charge in [-0.05, 0) is 0 Å². The van der Waals surface area contributed by atoms with Crippen molar-refractivity contribution in [1.82, 2.24) is 0 Å². The molecule has 1 heterocycles. The van der Waals surface area contributed by atoms with Crippen molar-refractivity contribution in [3.63, 3.8) is 0 Å². The molecule has 1 radical (unpaired) electrons. The molecule has 0 spiro atoms. The Labute approximate surface area is 57.8 Å². The Morgan fingerprint density at radius 2 is 2.12 bits per heavy atom. The fourth-order valence-corrected chi connectivity index (χ4v) is 4.75. The molecular weight excluding hydrogens is 211 g/mol. The first-order valence-corrected chi connectivity index (χ1v) is 8.88. The Morgan fingerprint density at radius 1 is 1.38 bits per heavy atom. The molecule has 8 heavy (non-hydrogen) atoms. The Hall–Kier alpha value is 0.719. The quantitative estimate of drug-likeness (QED) is 0.555. The molecule has 0 atom stereocenters. The zero-order valence-electron chi connectivity index (χ0n) is 5.24.